The van der Waals surface area contributed by atoms with Gasteiger partial charge >= 0.3 is 0 Å². The number of nitrogens with zero attached hydrogens (tertiary/aromatic N) is 1. The fourth-order valence-electron chi connectivity index (χ4n) is 2.12. The monoisotopic (exact) mass is 303 g/mol. The SMILES string of the molecule is CC(=O)n1cc(C(=O)c2ccc(Cl)cc2)c2ccsc21. The molecule has 0 atom stereocenters. The highest BCUT2D eigenvalue weighted by Gasteiger charge is 2.18. The number of rotatable bonds is 2. The standard InChI is InChI=1S/C15H10ClNO2S/c1-9(18)17-8-13(12-6-7-20-15(12)17)14(19)10-2-4-11(16)5-3-10/h2-8H,1H3. The number of benzene rings is 1. The number of hydrogen-bond donors (Lipinski definition) is 0. The van der Waals surface area contributed by atoms with Gasteiger partial charge in [-0.25, -0.2) is 0 Å². The molecule has 0 aliphatic rings. The molecule has 0 bridgehead atoms. The lowest BCUT2D eigenvalue weighted by Gasteiger charge is -1.99. The van der Waals surface area contributed by atoms with Crippen molar-refractivity contribution in [3.8, 4) is 0 Å². The molecule has 2 heterocycles. The number of fused-ring (bicyclic) bond motifs is 1. The van der Waals surface area contributed by atoms with Gasteiger partial charge in [-0.2, -0.15) is 0 Å². The first-order valence-electron chi connectivity index (χ1n) is 5.97. The van der Waals surface area contributed by atoms with Gasteiger partial charge in [0.25, 0.3) is 0 Å². The van der Waals surface area contributed by atoms with Crippen LogP contribution in [0.2, 0.25) is 5.02 Å². The molecule has 0 radical (unpaired) electrons. The molecule has 3 rings (SSSR count). The molecule has 1 aromatic carbocycles. The van der Waals surface area contributed by atoms with Crippen LogP contribution in [0.1, 0.15) is 27.6 Å². The van der Waals surface area contributed by atoms with Crippen LogP contribution in [0.15, 0.2) is 41.9 Å². The Kier molecular flexibility index (Phi) is 3.20. The second-order valence-electron chi connectivity index (χ2n) is 4.41. The van der Waals surface area contributed by atoms with Crippen molar-refractivity contribution in [2.75, 3.05) is 0 Å². The summed E-state index contributed by atoms with van der Waals surface area (Å²) in [5.41, 5.74) is 1.10. The fourth-order valence-corrected chi connectivity index (χ4v) is 3.18. The maximum atomic E-state index is 12.5. The number of aromatic nitrogens is 1. The van der Waals surface area contributed by atoms with E-state index in [1.54, 1.807) is 30.5 Å². The van der Waals surface area contributed by atoms with Crippen LogP contribution in [0.25, 0.3) is 10.2 Å². The predicted octanol–water partition coefficient (Wildman–Crippen LogP) is 4.25. The molecule has 20 heavy (non-hydrogen) atoms. The third kappa shape index (κ3) is 2.07. The highest BCUT2D eigenvalue weighted by molar-refractivity contribution is 7.17. The fraction of sp³-hybridized carbons (Fsp3) is 0.0667. The summed E-state index contributed by atoms with van der Waals surface area (Å²) in [6.07, 6.45) is 1.61. The highest BCUT2D eigenvalue weighted by atomic mass is 35.5. The lowest BCUT2D eigenvalue weighted by Crippen LogP contribution is -2.04. The summed E-state index contributed by atoms with van der Waals surface area (Å²) in [5.74, 6) is -0.210. The van der Waals surface area contributed by atoms with E-state index in [0.29, 0.717) is 16.1 Å². The smallest absolute Gasteiger partial charge is 0.228 e. The van der Waals surface area contributed by atoms with Gasteiger partial charge in [-0.3, -0.25) is 14.2 Å². The molecule has 3 nitrogen and oxygen atoms in total. The quantitative estimate of drug-likeness (QED) is 0.664. The molecule has 0 aliphatic carbocycles. The van der Waals surface area contributed by atoms with Crippen LogP contribution in [-0.4, -0.2) is 16.3 Å². The van der Waals surface area contributed by atoms with Crippen LogP contribution in [0, 0.1) is 0 Å². The van der Waals surface area contributed by atoms with Crippen molar-refractivity contribution in [2.24, 2.45) is 0 Å². The summed E-state index contributed by atoms with van der Waals surface area (Å²) < 4.78 is 1.52. The molecule has 0 aliphatic heterocycles. The number of hydrogen-bond acceptors (Lipinski definition) is 3. The second kappa shape index (κ2) is 4.89. The second-order valence-corrected chi connectivity index (χ2v) is 5.74. The largest absolute Gasteiger partial charge is 0.289 e. The summed E-state index contributed by atoms with van der Waals surface area (Å²) in [6.45, 7) is 1.48. The van der Waals surface area contributed by atoms with Crippen molar-refractivity contribution in [1.82, 2.24) is 4.57 Å². The first kappa shape index (κ1) is 13.1. The van der Waals surface area contributed by atoms with Gasteiger partial charge in [-0.05, 0) is 35.7 Å². The molecule has 0 saturated carbocycles. The van der Waals surface area contributed by atoms with Gasteiger partial charge in [0, 0.05) is 34.7 Å². The highest BCUT2D eigenvalue weighted by Crippen LogP contribution is 2.28. The van der Waals surface area contributed by atoms with Gasteiger partial charge in [0.15, 0.2) is 5.78 Å². The molecule has 0 fully saturated rings. The van der Waals surface area contributed by atoms with E-state index in [2.05, 4.69) is 0 Å². The Hall–Kier alpha value is -1.91. The molecule has 0 unspecified atom stereocenters. The number of ketones is 1. The van der Waals surface area contributed by atoms with Crippen molar-refractivity contribution in [3.63, 3.8) is 0 Å². The zero-order chi connectivity index (χ0) is 14.3. The van der Waals surface area contributed by atoms with E-state index in [1.165, 1.54) is 22.8 Å². The first-order chi connectivity index (χ1) is 9.58. The molecule has 2 aromatic heterocycles. The van der Waals surface area contributed by atoms with E-state index in [0.717, 1.165) is 10.2 Å². The Morgan fingerprint density at radius 3 is 2.50 bits per heavy atom. The van der Waals surface area contributed by atoms with Gasteiger partial charge in [0.05, 0.1) is 0 Å². The van der Waals surface area contributed by atoms with E-state index in [1.807, 2.05) is 11.4 Å². The van der Waals surface area contributed by atoms with E-state index < -0.39 is 0 Å². The molecule has 0 saturated heterocycles. The first-order valence-corrected chi connectivity index (χ1v) is 7.23. The van der Waals surface area contributed by atoms with Crippen LogP contribution < -0.4 is 0 Å². The van der Waals surface area contributed by atoms with E-state index >= 15 is 0 Å². The summed E-state index contributed by atoms with van der Waals surface area (Å²) in [4.78, 5) is 25.0. The zero-order valence-electron chi connectivity index (χ0n) is 10.6. The summed E-state index contributed by atoms with van der Waals surface area (Å²) in [6, 6.07) is 8.60. The van der Waals surface area contributed by atoms with Gasteiger partial charge in [0.1, 0.15) is 4.83 Å². The minimum atomic E-state index is -0.106. The van der Waals surface area contributed by atoms with Crippen molar-refractivity contribution in [1.29, 1.82) is 0 Å². The third-order valence-corrected chi connectivity index (χ3v) is 4.27. The molecule has 5 heteroatoms. The minimum Gasteiger partial charge on any atom is -0.289 e. The number of thiophene rings is 1. The van der Waals surface area contributed by atoms with Crippen molar-refractivity contribution >= 4 is 44.8 Å². The van der Waals surface area contributed by atoms with Crippen LogP contribution in [0.4, 0.5) is 0 Å². The van der Waals surface area contributed by atoms with Crippen LogP contribution in [0.3, 0.4) is 0 Å². The van der Waals surface area contributed by atoms with Gasteiger partial charge < -0.3 is 0 Å². The number of halogens is 1. The average Bonchev–Trinajstić information content (AvgIpc) is 2.99. The Morgan fingerprint density at radius 2 is 1.85 bits per heavy atom. The normalized spacial score (nSPS) is 10.9. The zero-order valence-corrected chi connectivity index (χ0v) is 12.2. The maximum absolute atomic E-state index is 12.5. The predicted molar refractivity (Wildman–Crippen MR) is 81.0 cm³/mol. The van der Waals surface area contributed by atoms with Gasteiger partial charge in [0.2, 0.25) is 5.91 Å². The van der Waals surface area contributed by atoms with E-state index in [9.17, 15) is 9.59 Å². The minimum absolute atomic E-state index is 0.104. The molecule has 3 aromatic rings. The topological polar surface area (TPSA) is 39.1 Å². The van der Waals surface area contributed by atoms with Crippen molar-refractivity contribution in [3.05, 3.63) is 58.1 Å². The van der Waals surface area contributed by atoms with Gasteiger partial charge in [-0.15, -0.1) is 11.3 Å². The molecule has 0 amide bonds. The van der Waals surface area contributed by atoms with E-state index in [-0.39, 0.29) is 11.7 Å². The summed E-state index contributed by atoms with van der Waals surface area (Å²) in [5, 5.41) is 3.27. The average molecular weight is 304 g/mol. The Bertz CT molecular complexity index is 814. The summed E-state index contributed by atoms with van der Waals surface area (Å²) >= 11 is 7.27. The molecule has 0 spiro atoms. The number of carbonyl (C=O) groups is 2. The Balaban J connectivity index is 2.14. The molecular formula is C15H10ClNO2S. The van der Waals surface area contributed by atoms with Crippen molar-refractivity contribution in [2.45, 2.75) is 6.92 Å². The summed E-state index contributed by atoms with van der Waals surface area (Å²) in [7, 11) is 0. The lowest BCUT2D eigenvalue weighted by atomic mass is 10.0. The molecule has 0 N–H and O–H groups in total. The molecule has 100 valence electrons. The molecular weight excluding hydrogens is 294 g/mol. The Morgan fingerprint density at radius 1 is 1.15 bits per heavy atom. The van der Waals surface area contributed by atoms with E-state index in [4.69, 9.17) is 11.6 Å². The number of carbonyl (C=O) groups excluding carboxylic acids is 2. The van der Waals surface area contributed by atoms with Gasteiger partial charge in [-0.1, -0.05) is 11.6 Å². The lowest BCUT2D eigenvalue weighted by molar-refractivity contribution is 0.0942. The maximum Gasteiger partial charge on any atom is 0.228 e. The third-order valence-electron chi connectivity index (χ3n) is 3.10. The van der Waals surface area contributed by atoms with Crippen LogP contribution in [-0.2, 0) is 0 Å². The van der Waals surface area contributed by atoms with Crippen LogP contribution in [0.5, 0.6) is 0 Å². The van der Waals surface area contributed by atoms with Crippen LogP contribution >= 0.6 is 22.9 Å². The van der Waals surface area contributed by atoms with Crippen molar-refractivity contribution < 1.29 is 9.59 Å². The Labute approximate surface area is 124 Å².